The number of nitrogens with two attached hydrogens (primary N) is 1. The van der Waals surface area contributed by atoms with Gasteiger partial charge in [-0.2, -0.15) is 18.3 Å². The van der Waals surface area contributed by atoms with Crippen molar-refractivity contribution in [1.29, 1.82) is 0 Å². The number of carbonyl (C=O) groups is 6. The summed E-state index contributed by atoms with van der Waals surface area (Å²) in [7, 11) is 0. The fourth-order valence-corrected chi connectivity index (χ4v) is 7.06. The van der Waals surface area contributed by atoms with Gasteiger partial charge in [0.1, 0.15) is 23.9 Å². The lowest BCUT2D eigenvalue weighted by Crippen LogP contribution is -2.49. The molecule has 4 atom stereocenters. The van der Waals surface area contributed by atoms with Crippen LogP contribution in [0, 0.1) is 23.0 Å². The molecule has 1 saturated carbocycles. The number of nitrogens with zero attached hydrogens (tertiary/aromatic N) is 4. The van der Waals surface area contributed by atoms with Crippen molar-refractivity contribution in [1.82, 2.24) is 30.2 Å². The first kappa shape index (κ1) is 47.7. The third-order valence-corrected chi connectivity index (χ3v) is 10.0. The highest BCUT2D eigenvalue weighted by Crippen LogP contribution is 2.40. The van der Waals surface area contributed by atoms with Gasteiger partial charge in [0.2, 0.25) is 17.7 Å². The number of imide groups is 1. The third-order valence-electron chi connectivity index (χ3n) is 10.0. The number of aliphatic hydroxyl groups is 1. The monoisotopic (exact) mass is 861 g/mol. The molecule has 1 aliphatic carbocycles. The van der Waals surface area contributed by atoms with Crippen LogP contribution in [0.15, 0.2) is 66.9 Å². The van der Waals surface area contributed by atoms with Crippen LogP contribution in [0.2, 0.25) is 0 Å². The summed E-state index contributed by atoms with van der Waals surface area (Å²) in [5.41, 5.74) is 7.55. The van der Waals surface area contributed by atoms with Gasteiger partial charge in [-0.25, -0.2) is 18.3 Å². The Morgan fingerprint density at radius 1 is 1.00 bits per heavy atom. The summed E-state index contributed by atoms with van der Waals surface area (Å²) in [5, 5.41) is 27.6. The molecule has 2 heterocycles. The van der Waals surface area contributed by atoms with Gasteiger partial charge in [-0.3, -0.25) is 28.9 Å². The number of amides is 5. The maximum absolute atomic E-state index is 15.0. The van der Waals surface area contributed by atoms with Crippen molar-refractivity contribution >= 4 is 35.5 Å². The topological polar surface area (TPSA) is 217 Å². The second kappa shape index (κ2) is 20.5. The molecule has 61 heavy (non-hydrogen) atoms. The van der Waals surface area contributed by atoms with Crippen LogP contribution in [0.4, 0.5) is 22.0 Å². The molecular formula is C41H48F5N7O8. The van der Waals surface area contributed by atoms with Crippen LogP contribution in [0.25, 0.3) is 5.69 Å². The van der Waals surface area contributed by atoms with Gasteiger partial charge in [-0.05, 0) is 48.8 Å². The van der Waals surface area contributed by atoms with Crippen molar-refractivity contribution in [3.63, 3.8) is 0 Å². The number of benzene rings is 2. The molecule has 15 nitrogen and oxygen atoms in total. The molecule has 5 rings (SSSR count). The molecule has 5 amide bonds. The standard InChI is InChI=1S/C39H47F2N7O6.C2HF3O2/c1-39(2,3)36(35-26(19-24-7-5-4-6-8-24)22-48(45-35)31-21-27(40)10-12-29(31)41)47(34(52)23-49)17-15-30(42)38(54)44-28-11-9-25(20-28)37(53)43-16-18-46-32(50)13-14-33(46)51;3-2(4,5)1(6)7/h4-8,10,12-14,21-22,25,28,30,36,49H,9,11,15-20,23,42H2,1-3H3,(H,43,53)(H,44,54);(H,6,7)/t25-,28+,30+,36+;/m1./s1. The first-order valence-electron chi connectivity index (χ1n) is 19.3. The molecule has 0 saturated heterocycles. The largest absolute Gasteiger partial charge is 0.490 e. The smallest absolute Gasteiger partial charge is 0.475 e. The molecule has 1 aromatic heterocycles. The lowest BCUT2D eigenvalue weighted by Gasteiger charge is -2.40. The average molecular weight is 862 g/mol. The first-order chi connectivity index (χ1) is 28.6. The van der Waals surface area contributed by atoms with E-state index in [0.717, 1.165) is 28.7 Å². The van der Waals surface area contributed by atoms with Gasteiger partial charge in [0.25, 0.3) is 11.8 Å². The number of hydrogen-bond donors (Lipinski definition) is 5. The maximum atomic E-state index is 15.0. The van der Waals surface area contributed by atoms with Gasteiger partial charge in [-0.15, -0.1) is 0 Å². The fourth-order valence-electron chi connectivity index (χ4n) is 7.06. The number of carboxylic acids is 1. The number of aliphatic hydroxyl groups excluding tert-OH is 1. The van der Waals surface area contributed by atoms with Gasteiger partial charge >= 0.3 is 12.1 Å². The van der Waals surface area contributed by atoms with Gasteiger partial charge in [0.15, 0.2) is 0 Å². The SMILES string of the molecule is CC(C)(C)[C@H](c1nn(-c2cc(F)ccc2F)cc1Cc1ccccc1)N(CC[C@H](N)C(=O)N[C@H]1CC[C@@H](C(=O)NCCN2C(=O)C=CC2=O)C1)C(=O)CO.O=C(O)C(F)(F)F. The molecule has 2 aromatic carbocycles. The summed E-state index contributed by atoms with van der Waals surface area (Å²) in [6, 6.07) is 10.4. The lowest BCUT2D eigenvalue weighted by molar-refractivity contribution is -0.192. The zero-order valence-corrected chi connectivity index (χ0v) is 33.6. The molecule has 0 unspecified atom stereocenters. The van der Waals surface area contributed by atoms with Gasteiger partial charge in [0.05, 0.1) is 17.8 Å². The van der Waals surface area contributed by atoms with E-state index in [-0.39, 0.29) is 49.6 Å². The Morgan fingerprint density at radius 3 is 2.23 bits per heavy atom. The summed E-state index contributed by atoms with van der Waals surface area (Å²) >= 11 is 0. The molecule has 330 valence electrons. The molecule has 0 radical (unpaired) electrons. The molecule has 0 spiro atoms. The second-order valence-electron chi connectivity index (χ2n) is 15.6. The quantitative estimate of drug-likeness (QED) is 0.111. The second-order valence-corrected chi connectivity index (χ2v) is 15.6. The van der Waals surface area contributed by atoms with E-state index >= 15 is 0 Å². The number of halogens is 5. The van der Waals surface area contributed by atoms with Crippen LogP contribution < -0.4 is 16.4 Å². The number of carbonyl (C=O) groups excluding carboxylic acids is 5. The summed E-state index contributed by atoms with van der Waals surface area (Å²) < 4.78 is 62.3. The minimum atomic E-state index is -5.08. The molecule has 20 heteroatoms. The lowest BCUT2D eigenvalue weighted by atomic mass is 9.81. The molecule has 6 N–H and O–H groups in total. The Bertz CT molecular complexity index is 2090. The Labute approximate surface area is 347 Å². The zero-order valence-electron chi connectivity index (χ0n) is 33.6. The Balaban J connectivity index is 0.00000107. The number of carboxylic acid groups (broad SMARTS) is 1. The van der Waals surface area contributed by atoms with Crippen LogP contribution >= 0.6 is 0 Å². The summed E-state index contributed by atoms with van der Waals surface area (Å²) in [6.45, 7) is 5.00. The number of aromatic nitrogens is 2. The fraction of sp³-hybridized carbons (Fsp3) is 0.439. The van der Waals surface area contributed by atoms with Crippen LogP contribution in [0.5, 0.6) is 0 Å². The number of nitrogens with one attached hydrogen (secondary N) is 2. The van der Waals surface area contributed by atoms with Crippen molar-refractivity contribution in [3.05, 3.63) is 95.3 Å². The van der Waals surface area contributed by atoms with E-state index in [0.29, 0.717) is 36.9 Å². The van der Waals surface area contributed by atoms with E-state index in [9.17, 15) is 51.0 Å². The van der Waals surface area contributed by atoms with Crippen molar-refractivity contribution in [2.24, 2.45) is 17.1 Å². The summed E-state index contributed by atoms with van der Waals surface area (Å²) in [5.74, 6) is -6.63. The van der Waals surface area contributed by atoms with Crippen molar-refractivity contribution in [2.45, 2.75) is 77.2 Å². The van der Waals surface area contributed by atoms with E-state index in [1.165, 1.54) is 21.7 Å². The van der Waals surface area contributed by atoms with Crippen molar-refractivity contribution in [2.75, 3.05) is 26.2 Å². The Morgan fingerprint density at radius 2 is 1.64 bits per heavy atom. The molecular weight excluding hydrogens is 813 g/mol. The highest BCUT2D eigenvalue weighted by Gasteiger charge is 2.40. The summed E-state index contributed by atoms with van der Waals surface area (Å²) in [6.07, 6.45) is 0.732. The summed E-state index contributed by atoms with van der Waals surface area (Å²) in [4.78, 5) is 74.4. The minimum Gasteiger partial charge on any atom is -0.475 e. The minimum absolute atomic E-state index is 0.0246. The van der Waals surface area contributed by atoms with Crippen molar-refractivity contribution < 1.29 is 60.9 Å². The molecule has 1 fully saturated rings. The van der Waals surface area contributed by atoms with E-state index in [1.54, 1.807) is 6.20 Å². The Hall–Kier alpha value is -6.02. The van der Waals surface area contributed by atoms with Gasteiger partial charge in [-0.1, -0.05) is 51.1 Å². The van der Waals surface area contributed by atoms with Crippen LogP contribution in [0.1, 0.15) is 69.3 Å². The average Bonchev–Trinajstić information content (AvgIpc) is 3.92. The van der Waals surface area contributed by atoms with Gasteiger partial charge < -0.3 is 31.5 Å². The molecule has 0 bridgehead atoms. The first-order valence-corrected chi connectivity index (χ1v) is 19.3. The van der Waals surface area contributed by atoms with E-state index in [1.807, 2.05) is 51.1 Å². The zero-order chi connectivity index (χ0) is 45.2. The number of aliphatic carboxylic acids is 1. The van der Waals surface area contributed by atoms with Crippen LogP contribution in [0.3, 0.4) is 0 Å². The molecule has 1 aliphatic heterocycles. The predicted octanol–water partition coefficient (Wildman–Crippen LogP) is 3.33. The highest BCUT2D eigenvalue weighted by atomic mass is 19.4. The van der Waals surface area contributed by atoms with E-state index in [2.05, 4.69) is 10.6 Å². The third kappa shape index (κ3) is 13.0. The normalized spacial score (nSPS) is 17.4. The predicted molar refractivity (Wildman–Crippen MR) is 208 cm³/mol. The maximum Gasteiger partial charge on any atom is 0.490 e. The Kier molecular flexibility index (Phi) is 16.0. The molecule has 3 aromatic rings. The highest BCUT2D eigenvalue weighted by molar-refractivity contribution is 6.12. The van der Waals surface area contributed by atoms with E-state index in [4.69, 9.17) is 20.7 Å². The van der Waals surface area contributed by atoms with Crippen LogP contribution in [-0.4, -0.2) is 110 Å². The number of alkyl halides is 3. The van der Waals surface area contributed by atoms with Gasteiger partial charge in [0, 0.05) is 68.0 Å². The number of rotatable bonds is 15. The number of hydrogen-bond acceptors (Lipinski definition) is 9. The van der Waals surface area contributed by atoms with Crippen molar-refractivity contribution in [3.8, 4) is 5.69 Å². The van der Waals surface area contributed by atoms with E-state index < -0.39 is 71.5 Å². The van der Waals surface area contributed by atoms with Crippen LogP contribution in [-0.2, 0) is 35.2 Å². The molecule has 2 aliphatic rings.